The van der Waals surface area contributed by atoms with Crippen LogP contribution in [0.4, 0.5) is 0 Å². The minimum atomic E-state index is 0.372. The fourth-order valence-electron chi connectivity index (χ4n) is 2.75. The molecule has 8 nitrogen and oxygen atoms in total. The van der Waals surface area contributed by atoms with E-state index in [0.29, 0.717) is 22.8 Å². The minimum Gasteiger partial charge on any atom is -0.334 e. The van der Waals surface area contributed by atoms with Gasteiger partial charge in [0.25, 0.3) is 5.89 Å². The summed E-state index contributed by atoms with van der Waals surface area (Å²) in [6.45, 7) is 1.65. The molecule has 27 heavy (non-hydrogen) atoms. The van der Waals surface area contributed by atoms with Crippen LogP contribution in [0.15, 0.2) is 47.0 Å². The average molecular weight is 359 g/mol. The average Bonchev–Trinajstić information content (AvgIpc) is 3.33. The molecule has 0 aliphatic heterocycles. The van der Waals surface area contributed by atoms with E-state index < -0.39 is 0 Å². The number of likely N-dealkylation sites (N-methyl/N-ethyl adjacent to an activating group) is 1. The van der Waals surface area contributed by atoms with Crippen molar-refractivity contribution >= 4 is 11.0 Å². The molecule has 0 aliphatic carbocycles. The normalized spacial score (nSPS) is 11.2. The highest BCUT2D eigenvalue weighted by Gasteiger charge is 2.13. The number of benzene rings is 2. The summed E-state index contributed by atoms with van der Waals surface area (Å²) in [6, 6.07) is 15.0. The zero-order chi connectivity index (χ0) is 18.8. The van der Waals surface area contributed by atoms with E-state index in [1.165, 1.54) is 0 Å². The molecule has 8 heteroatoms. The maximum Gasteiger partial charge on any atom is 0.258 e. The maximum absolute atomic E-state index is 9.03. The Balaban J connectivity index is 1.63. The molecule has 134 valence electrons. The Morgan fingerprint density at radius 3 is 2.85 bits per heavy atom. The summed E-state index contributed by atoms with van der Waals surface area (Å²) in [5.41, 5.74) is 3.80. The van der Waals surface area contributed by atoms with Crippen LogP contribution < -0.4 is 0 Å². The Bertz CT molecular complexity index is 1140. The van der Waals surface area contributed by atoms with Gasteiger partial charge in [-0.3, -0.25) is 0 Å². The quantitative estimate of drug-likeness (QED) is 0.540. The second-order valence-corrected chi connectivity index (χ2v) is 6.44. The van der Waals surface area contributed by atoms with E-state index in [1.807, 2.05) is 43.0 Å². The number of nitriles is 1. The second kappa shape index (κ2) is 6.97. The van der Waals surface area contributed by atoms with Gasteiger partial charge in [0.05, 0.1) is 23.7 Å². The van der Waals surface area contributed by atoms with Gasteiger partial charge in [-0.2, -0.15) is 10.2 Å². The monoisotopic (exact) mass is 359 g/mol. The first-order valence-electron chi connectivity index (χ1n) is 8.46. The van der Waals surface area contributed by atoms with Crippen LogP contribution >= 0.6 is 0 Å². The predicted molar refractivity (Wildman–Crippen MR) is 99.5 cm³/mol. The van der Waals surface area contributed by atoms with E-state index in [2.05, 4.69) is 31.4 Å². The molecule has 0 aliphatic rings. The molecule has 2 heterocycles. The van der Waals surface area contributed by atoms with Gasteiger partial charge in [0.15, 0.2) is 0 Å². The van der Waals surface area contributed by atoms with Crippen LogP contribution in [-0.4, -0.2) is 50.7 Å². The van der Waals surface area contributed by atoms with Gasteiger partial charge in [0.1, 0.15) is 5.52 Å². The fraction of sp³-hybridized carbons (Fsp3) is 0.211. The number of fused-ring (bicyclic) bond motifs is 1. The highest BCUT2D eigenvalue weighted by Crippen LogP contribution is 2.25. The summed E-state index contributed by atoms with van der Waals surface area (Å²) < 4.78 is 7.25. The van der Waals surface area contributed by atoms with Crippen molar-refractivity contribution in [2.24, 2.45) is 0 Å². The molecule has 0 saturated heterocycles. The summed E-state index contributed by atoms with van der Waals surface area (Å²) in [5, 5.41) is 21.6. The van der Waals surface area contributed by atoms with Crippen LogP contribution in [-0.2, 0) is 6.54 Å². The van der Waals surface area contributed by atoms with Gasteiger partial charge in [-0.1, -0.05) is 16.4 Å². The fourth-order valence-corrected chi connectivity index (χ4v) is 2.75. The number of hydrogen-bond donors (Lipinski definition) is 0. The van der Waals surface area contributed by atoms with E-state index in [1.54, 1.807) is 18.2 Å². The SMILES string of the molecule is CN(C)CCn1nnc2cc(-c3noc(-c4cccc(C#N)c4)n3)ccc21. The number of rotatable bonds is 5. The first-order valence-corrected chi connectivity index (χ1v) is 8.46. The molecule has 0 saturated carbocycles. The standard InChI is InChI=1S/C19H17N7O/c1-25(2)8-9-26-17-7-6-14(11-16(17)22-24-26)18-21-19(27-23-18)15-5-3-4-13(10-15)12-20/h3-7,10-11H,8-9H2,1-2H3. The van der Waals surface area contributed by atoms with Crippen molar-refractivity contribution in [3.63, 3.8) is 0 Å². The van der Waals surface area contributed by atoms with Crippen molar-refractivity contribution in [2.45, 2.75) is 6.54 Å². The van der Waals surface area contributed by atoms with Gasteiger partial charge in [0, 0.05) is 17.7 Å². The van der Waals surface area contributed by atoms with Crippen molar-refractivity contribution < 1.29 is 4.52 Å². The Morgan fingerprint density at radius 1 is 1.15 bits per heavy atom. The molecule has 4 aromatic rings. The van der Waals surface area contributed by atoms with Crippen LogP contribution in [0.2, 0.25) is 0 Å². The number of aromatic nitrogens is 5. The van der Waals surface area contributed by atoms with Crippen LogP contribution in [0.5, 0.6) is 0 Å². The highest BCUT2D eigenvalue weighted by molar-refractivity contribution is 5.80. The lowest BCUT2D eigenvalue weighted by molar-refractivity contribution is 0.374. The van der Waals surface area contributed by atoms with Crippen molar-refractivity contribution in [1.29, 1.82) is 5.26 Å². The highest BCUT2D eigenvalue weighted by atomic mass is 16.5. The van der Waals surface area contributed by atoms with E-state index in [-0.39, 0.29) is 0 Å². The predicted octanol–water partition coefficient (Wildman–Crippen LogP) is 2.58. The lowest BCUT2D eigenvalue weighted by Crippen LogP contribution is -2.18. The molecule has 0 radical (unpaired) electrons. The molecule has 0 amide bonds. The molecular formula is C19H17N7O. The summed E-state index contributed by atoms with van der Waals surface area (Å²) in [6.07, 6.45) is 0. The summed E-state index contributed by atoms with van der Waals surface area (Å²) in [7, 11) is 4.05. The third-order valence-electron chi connectivity index (χ3n) is 4.20. The topological polar surface area (TPSA) is 96.7 Å². The summed E-state index contributed by atoms with van der Waals surface area (Å²) in [4.78, 5) is 6.55. The van der Waals surface area contributed by atoms with E-state index in [0.717, 1.165) is 29.7 Å². The Kier molecular flexibility index (Phi) is 4.36. The molecule has 2 aromatic carbocycles. The van der Waals surface area contributed by atoms with Crippen LogP contribution in [0.25, 0.3) is 33.9 Å². The smallest absolute Gasteiger partial charge is 0.258 e. The molecule has 0 spiro atoms. The zero-order valence-electron chi connectivity index (χ0n) is 15.0. The molecule has 0 bridgehead atoms. The number of hydrogen-bond acceptors (Lipinski definition) is 7. The van der Waals surface area contributed by atoms with Gasteiger partial charge in [-0.25, -0.2) is 4.68 Å². The van der Waals surface area contributed by atoms with Gasteiger partial charge in [-0.15, -0.1) is 5.10 Å². The van der Waals surface area contributed by atoms with E-state index >= 15 is 0 Å². The second-order valence-electron chi connectivity index (χ2n) is 6.44. The largest absolute Gasteiger partial charge is 0.334 e. The Morgan fingerprint density at radius 2 is 2.04 bits per heavy atom. The first-order chi connectivity index (χ1) is 13.1. The van der Waals surface area contributed by atoms with Crippen molar-refractivity contribution in [1.82, 2.24) is 30.0 Å². The van der Waals surface area contributed by atoms with Crippen molar-refractivity contribution in [3.05, 3.63) is 48.0 Å². The van der Waals surface area contributed by atoms with Crippen molar-refractivity contribution in [2.75, 3.05) is 20.6 Å². The van der Waals surface area contributed by atoms with Gasteiger partial charge < -0.3 is 9.42 Å². The number of nitrogens with zero attached hydrogens (tertiary/aromatic N) is 7. The molecule has 4 rings (SSSR count). The van der Waals surface area contributed by atoms with E-state index in [4.69, 9.17) is 9.78 Å². The lowest BCUT2D eigenvalue weighted by Gasteiger charge is -2.09. The zero-order valence-corrected chi connectivity index (χ0v) is 15.0. The third kappa shape index (κ3) is 3.41. The van der Waals surface area contributed by atoms with Gasteiger partial charge >= 0.3 is 0 Å². The third-order valence-corrected chi connectivity index (χ3v) is 4.20. The molecule has 2 aromatic heterocycles. The van der Waals surface area contributed by atoms with Crippen LogP contribution in [0, 0.1) is 11.3 Å². The molecule has 0 unspecified atom stereocenters. The Hall–Kier alpha value is -3.57. The minimum absolute atomic E-state index is 0.372. The van der Waals surface area contributed by atoms with Gasteiger partial charge in [0.2, 0.25) is 5.82 Å². The van der Waals surface area contributed by atoms with E-state index in [9.17, 15) is 0 Å². The molecule has 0 atom stereocenters. The first kappa shape index (κ1) is 16.9. The van der Waals surface area contributed by atoms with Crippen LogP contribution in [0.3, 0.4) is 0 Å². The summed E-state index contributed by atoms with van der Waals surface area (Å²) >= 11 is 0. The molecule has 0 N–H and O–H groups in total. The lowest BCUT2D eigenvalue weighted by atomic mass is 10.1. The van der Waals surface area contributed by atoms with Crippen LogP contribution in [0.1, 0.15) is 5.56 Å². The summed E-state index contributed by atoms with van der Waals surface area (Å²) in [5.74, 6) is 0.842. The van der Waals surface area contributed by atoms with Gasteiger partial charge in [-0.05, 0) is 50.5 Å². The molecular weight excluding hydrogens is 342 g/mol. The molecule has 0 fully saturated rings. The van der Waals surface area contributed by atoms with Crippen molar-refractivity contribution in [3.8, 4) is 28.9 Å². The Labute approximate surface area is 155 Å². The maximum atomic E-state index is 9.03.